The Morgan fingerprint density at radius 1 is 1.00 bits per heavy atom. The number of nitrogens with two attached hydrogens (primary N) is 1. The maximum Gasteiger partial charge on any atom is 0.231 e. The summed E-state index contributed by atoms with van der Waals surface area (Å²) in [6.07, 6.45) is 9.38. The largest absolute Gasteiger partial charge is 0.369 e. The zero-order valence-corrected chi connectivity index (χ0v) is 13.9. The van der Waals surface area contributed by atoms with Gasteiger partial charge >= 0.3 is 0 Å². The molecule has 5 fully saturated rings. The fourth-order valence-corrected chi connectivity index (χ4v) is 6.18. The number of carbonyl (C=O) groups is 2. The normalized spacial score (nSPS) is 40.3. The molecule has 5 heteroatoms. The van der Waals surface area contributed by atoms with E-state index in [1.165, 1.54) is 19.3 Å². The van der Waals surface area contributed by atoms with E-state index in [0.717, 1.165) is 62.9 Å². The highest BCUT2D eigenvalue weighted by atomic mass is 16.2. The number of carbonyl (C=O) groups excluding carboxylic acids is 2. The van der Waals surface area contributed by atoms with E-state index < -0.39 is 0 Å². The molecule has 0 aromatic carbocycles. The number of hydrogen-bond acceptors (Lipinski definition) is 3. The van der Waals surface area contributed by atoms with Crippen LogP contribution in [-0.4, -0.2) is 42.4 Å². The number of amides is 2. The highest BCUT2D eigenvalue weighted by Crippen LogP contribution is 2.60. The minimum absolute atomic E-state index is 0.0426. The van der Waals surface area contributed by atoms with E-state index >= 15 is 0 Å². The molecule has 1 saturated heterocycles. The predicted octanol–water partition coefficient (Wildman–Crippen LogP) is 1.27. The first-order chi connectivity index (χ1) is 11.0. The summed E-state index contributed by atoms with van der Waals surface area (Å²) in [5.41, 5.74) is 5.22. The van der Waals surface area contributed by atoms with Gasteiger partial charge in [-0.25, -0.2) is 0 Å². The molecule has 5 rings (SSSR count). The van der Waals surface area contributed by atoms with E-state index in [9.17, 15) is 9.59 Å². The quantitative estimate of drug-likeness (QED) is 0.819. The molecule has 1 aliphatic heterocycles. The summed E-state index contributed by atoms with van der Waals surface area (Å²) in [7, 11) is 0. The Morgan fingerprint density at radius 3 is 2.00 bits per heavy atom. The fraction of sp³-hybridized carbons (Fsp3) is 0.889. The van der Waals surface area contributed by atoms with Crippen LogP contribution in [0.1, 0.15) is 51.4 Å². The number of hydrogen-bond donors (Lipinski definition) is 2. The second kappa shape index (κ2) is 5.76. The third kappa shape index (κ3) is 3.00. The Labute approximate surface area is 138 Å². The zero-order valence-electron chi connectivity index (χ0n) is 13.9. The van der Waals surface area contributed by atoms with Gasteiger partial charge in [-0.2, -0.15) is 0 Å². The third-order valence-corrected chi connectivity index (χ3v) is 6.82. The molecular formula is C18H29N3O2. The third-order valence-electron chi connectivity index (χ3n) is 6.82. The smallest absolute Gasteiger partial charge is 0.231 e. The van der Waals surface area contributed by atoms with E-state index in [0.29, 0.717) is 12.5 Å². The standard InChI is InChI=1S/C18H29N3O2/c19-16(22)11-21-3-1-15(2-4-21)20-17(23)18-8-12-5-13(9-18)7-14(6-12)10-18/h12-15H,1-11H2,(H2,19,22)(H,20,23). The van der Waals surface area contributed by atoms with Crippen molar-refractivity contribution in [3.8, 4) is 0 Å². The van der Waals surface area contributed by atoms with Gasteiger partial charge in [0.2, 0.25) is 11.8 Å². The van der Waals surface area contributed by atoms with E-state index in [-0.39, 0.29) is 17.4 Å². The van der Waals surface area contributed by atoms with Crippen LogP contribution in [-0.2, 0) is 9.59 Å². The minimum atomic E-state index is -0.263. The Morgan fingerprint density at radius 2 is 1.52 bits per heavy atom. The molecule has 0 atom stereocenters. The lowest BCUT2D eigenvalue weighted by atomic mass is 9.49. The Hall–Kier alpha value is -1.10. The van der Waals surface area contributed by atoms with Crippen LogP contribution in [0, 0.1) is 23.2 Å². The summed E-state index contributed by atoms with van der Waals surface area (Å²) < 4.78 is 0. The molecule has 4 aliphatic carbocycles. The van der Waals surface area contributed by atoms with Crippen molar-refractivity contribution in [2.75, 3.05) is 19.6 Å². The first-order valence-corrected chi connectivity index (χ1v) is 9.34. The van der Waals surface area contributed by atoms with Crippen LogP contribution in [0.3, 0.4) is 0 Å². The van der Waals surface area contributed by atoms with Gasteiger partial charge in [0.1, 0.15) is 0 Å². The van der Waals surface area contributed by atoms with Gasteiger partial charge in [-0.15, -0.1) is 0 Å². The lowest BCUT2D eigenvalue weighted by molar-refractivity contribution is -0.147. The van der Waals surface area contributed by atoms with E-state index in [1.807, 2.05) is 0 Å². The molecule has 5 nitrogen and oxygen atoms in total. The van der Waals surface area contributed by atoms with Gasteiger partial charge in [0, 0.05) is 24.5 Å². The molecule has 0 radical (unpaired) electrons. The van der Waals surface area contributed by atoms with Crippen molar-refractivity contribution in [1.82, 2.24) is 10.2 Å². The molecule has 0 unspecified atom stereocenters. The summed E-state index contributed by atoms with van der Waals surface area (Å²) in [6.45, 7) is 2.05. The molecule has 5 aliphatic rings. The molecule has 0 spiro atoms. The zero-order chi connectivity index (χ0) is 16.0. The van der Waals surface area contributed by atoms with Crippen molar-refractivity contribution in [3.63, 3.8) is 0 Å². The number of nitrogens with zero attached hydrogens (tertiary/aromatic N) is 1. The maximum absolute atomic E-state index is 13.0. The summed E-state index contributed by atoms with van der Waals surface area (Å²) in [6, 6.07) is 0.277. The van der Waals surface area contributed by atoms with Crippen LogP contribution in [0.2, 0.25) is 0 Å². The number of rotatable bonds is 4. The highest BCUT2D eigenvalue weighted by molar-refractivity contribution is 5.83. The Balaban J connectivity index is 1.33. The first-order valence-electron chi connectivity index (χ1n) is 9.34. The average Bonchev–Trinajstić information content (AvgIpc) is 2.47. The van der Waals surface area contributed by atoms with Crippen molar-refractivity contribution < 1.29 is 9.59 Å². The summed E-state index contributed by atoms with van der Waals surface area (Å²) in [5, 5.41) is 3.37. The van der Waals surface area contributed by atoms with Crippen molar-refractivity contribution in [3.05, 3.63) is 0 Å². The summed E-state index contributed by atoms with van der Waals surface area (Å²) in [4.78, 5) is 26.1. The second-order valence-corrected chi connectivity index (χ2v) is 8.69. The molecule has 4 saturated carbocycles. The molecular weight excluding hydrogens is 290 g/mol. The summed E-state index contributed by atoms with van der Waals surface area (Å²) >= 11 is 0. The Kier molecular flexibility index (Phi) is 3.87. The van der Waals surface area contributed by atoms with Crippen LogP contribution in [0.4, 0.5) is 0 Å². The number of piperidine rings is 1. The molecule has 3 N–H and O–H groups in total. The van der Waals surface area contributed by atoms with Crippen molar-refractivity contribution in [2.24, 2.45) is 28.9 Å². The van der Waals surface area contributed by atoms with Crippen LogP contribution >= 0.6 is 0 Å². The second-order valence-electron chi connectivity index (χ2n) is 8.69. The van der Waals surface area contributed by atoms with Gasteiger partial charge in [0.25, 0.3) is 0 Å². The topological polar surface area (TPSA) is 75.4 Å². The Bertz CT molecular complexity index is 461. The SMILES string of the molecule is NC(=O)CN1CCC(NC(=O)C23CC4CC(CC(C4)C2)C3)CC1. The fourth-order valence-electron chi connectivity index (χ4n) is 6.18. The number of likely N-dealkylation sites (tertiary alicyclic amines) is 1. The van der Waals surface area contributed by atoms with Crippen LogP contribution in [0.5, 0.6) is 0 Å². The molecule has 23 heavy (non-hydrogen) atoms. The summed E-state index contributed by atoms with van der Waals surface area (Å²) in [5.74, 6) is 2.50. The van der Waals surface area contributed by atoms with E-state index in [4.69, 9.17) is 5.73 Å². The van der Waals surface area contributed by atoms with Gasteiger partial charge in [-0.05, 0) is 69.1 Å². The van der Waals surface area contributed by atoms with Crippen LogP contribution in [0.25, 0.3) is 0 Å². The van der Waals surface area contributed by atoms with Gasteiger partial charge < -0.3 is 11.1 Å². The first kappa shape index (κ1) is 15.4. The molecule has 4 bridgehead atoms. The average molecular weight is 319 g/mol. The van der Waals surface area contributed by atoms with Crippen LogP contribution < -0.4 is 11.1 Å². The molecule has 1 heterocycles. The van der Waals surface area contributed by atoms with Gasteiger partial charge in [-0.3, -0.25) is 14.5 Å². The highest BCUT2D eigenvalue weighted by Gasteiger charge is 2.54. The van der Waals surface area contributed by atoms with E-state index in [2.05, 4.69) is 10.2 Å². The van der Waals surface area contributed by atoms with Crippen molar-refractivity contribution in [2.45, 2.75) is 57.4 Å². The minimum Gasteiger partial charge on any atom is -0.369 e. The van der Waals surface area contributed by atoms with Crippen LogP contribution in [0.15, 0.2) is 0 Å². The number of nitrogens with one attached hydrogen (secondary N) is 1. The number of primary amides is 1. The molecule has 128 valence electrons. The van der Waals surface area contributed by atoms with Crippen molar-refractivity contribution in [1.29, 1.82) is 0 Å². The lowest BCUT2D eigenvalue weighted by Gasteiger charge is -2.56. The maximum atomic E-state index is 13.0. The van der Waals surface area contributed by atoms with Gasteiger partial charge in [0.15, 0.2) is 0 Å². The molecule has 0 aromatic heterocycles. The monoisotopic (exact) mass is 319 g/mol. The van der Waals surface area contributed by atoms with Gasteiger partial charge in [-0.1, -0.05) is 0 Å². The lowest BCUT2D eigenvalue weighted by Crippen LogP contribution is -2.56. The molecule has 2 amide bonds. The van der Waals surface area contributed by atoms with E-state index in [1.54, 1.807) is 0 Å². The molecule has 0 aromatic rings. The predicted molar refractivity (Wildman–Crippen MR) is 87.4 cm³/mol. The van der Waals surface area contributed by atoms with Gasteiger partial charge in [0.05, 0.1) is 6.54 Å². The van der Waals surface area contributed by atoms with Crippen molar-refractivity contribution >= 4 is 11.8 Å².